The van der Waals surface area contributed by atoms with Crippen molar-refractivity contribution in [2.75, 3.05) is 6.61 Å². The van der Waals surface area contributed by atoms with Crippen molar-refractivity contribution in [2.45, 2.75) is 19.5 Å². The van der Waals surface area contributed by atoms with Gasteiger partial charge in [-0.2, -0.15) is 8.78 Å². The first kappa shape index (κ1) is 20.5. The van der Waals surface area contributed by atoms with E-state index in [1.165, 1.54) is 6.07 Å². The molecule has 0 heterocycles. The highest BCUT2D eigenvalue weighted by atomic mass is 19.3. The van der Waals surface area contributed by atoms with Crippen molar-refractivity contribution in [2.24, 2.45) is 0 Å². The maximum absolute atomic E-state index is 15.4. The average Bonchev–Trinajstić information content (AvgIpc) is 2.71. The van der Waals surface area contributed by atoms with Crippen molar-refractivity contribution < 1.29 is 22.6 Å². The Bertz CT molecular complexity index is 1010. The molecule has 0 saturated heterocycles. The van der Waals surface area contributed by atoms with Crippen LogP contribution in [0.2, 0.25) is 0 Å². The smallest absolute Gasteiger partial charge is 0.387 e. The zero-order valence-corrected chi connectivity index (χ0v) is 15.8. The van der Waals surface area contributed by atoms with Gasteiger partial charge in [-0.05, 0) is 53.6 Å². The second-order valence-corrected chi connectivity index (χ2v) is 6.45. The molecule has 3 aromatic carbocycles. The molecule has 0 aromatic heterocycles. The lowest BCUT2D eigenvalue weighted by Crippen LogP contribution is -2.05. The minimum Gasteiger partial charge on any atom is -0.490 e. The molecule has 2 nitrogen and oxygen atoms in total. The number of rotatable bonds is 9. The van der Waals surface area contributed by atoms with Gasteiger partial charge in [-0.25, -0.2) is 4.39 Å². The second kappa shape index (κ2) is 9.32. The van der Waals surface area contributed by atoms with E-state index in [2.05, 4.69) is 17.9 Å². The molecule has 0 fully saturated rings. The van der Waals surface area contributed by atoms with E-state index in [9.17, 15) is 8.78 Å². The van der Waals surface area contributed by atoms with E-state index in [0.29, 0.717) is 22.1 Å². The fourth-order valence-electron chi connectivity index (χ4n) is 3.13. The van der Waals surface area contributed by atoms with Crippen LogP contribution in [0.1, 0.15) is 12.0 Å². The molecule has 0 N–H and O–H groups in total. The normalized spacial score (nSPS) is 10.9. The zero-order valence-electron chi connectivity index (χ0n) is 15.8. The van der Waals surface area contributed by atoms with E-state index in [-0.39, 0.29) is 17.9 Å². The summed E-state index contributed by atoms with van der Waals surface area (Å²) in [6.07, 6.45) is 5.02. The largest absolute Gasteiger partial charge is 0.490 e. The van der Waals surface area contributed by atoms with Gasteiger partial charge < -0.3 is 9.47 Å². The number of hydrogen-bond acceptors (Lipinski definition) is 2. The van der Waals surface area contributed by atoms with Crippen LogP contribution in [0.25, 0.3) is 21.9 Å². The second-order valence-electron chi connectivity index (χ2n) is 6.45. The van der Waals surface area contributed by atoms with Gasteiger partial charge >= 0.3 is 6.61 Å². The minimum atomic E-state index is -3.07. The molecule has 0 amide bonds. The van der Waals surface area contributed by atoms with Gasteiger partial charge in [0.2, 0.25) is 0 Å². The molecule has 5 heteroatoms. The van der Waals surface area contributed by atoms with Crippen molar-refractivity contribution in [3.05, 3.63) is 85.2 Å². The molecule has 0 bridgehead atoms. The number of aryl methyl sites for hydroxylation is 1. The van der Waals surface area contributed by atoms with Crippen LogP contribution in [0.5, 0.6) is 11.5 Å². The maximum Gasteiger partial charge on any atom is 0.387 e. The molecule has 0 aliphatic rings. The Kier molecular flexibility index (Phi) is 6.60. The van der Waals surface area contributed by atoms with Gasteiger partial charge in [-0.15, -0.1) is 6.58 Å². The summed E-state index contributed by atoms with van der Waals surface area (Å²) in [5, 5.41) is 0.703. The summed E-state index contributed by atoms with van der Waals surface area (Å²) in [4.78, 5) is 0. The van der Waals surface area contributed by atoms with Crippen molar-refractivity contribution in [3.63, 3.8) is 0 Å². The van der Waals surface area contributed by atoms with Crippen molar-refractivity contribution in [1.29, 1.82) is 0 Å². The Morgan fingerprint density at radius 3 is 2.38 bits per heavy atom. The number of fused-ring (bicyclic) bond motifs is 1. The standard InChI is InChI=1S/C24H21F3O2/c1-3-5-6-16-7-9-17(10-8-16)22-21(29-24(26)27)15-18-14-19(28-13-4-2)11-12-20(18)23(22)25/h3-4,7-12,14-15,24H,1-2,5-6,13H2. The zero-order chi connectivity index (χ0) is 20.8. The highest BCUT2D eigenvalue weighted by Gasteiger charge is 2.19. The Morgan fingerprint density at radius 1 is 0.966 bits per heavy atom. The molecule has 0 saturated carbocycles. The fourth-order valence-corrected chi connectivity index (χ4v) is 3.13. The number of alkyl halides is 2. The summed E-state index contributed by atoms with van der Waals surface area (Å²) < 4.78 is 51.5. The molecule has 0 atom stereocenters. The van der Waals surface area contributed by atoms with E-state index < -0.39 is 12.4 Å². The van der Waals surface area contributed by atoms with Gasteiger partial charge in [0.05, 0.1) is 5.56 Å². The first-order chi connectivity index (χ1) is 14.0. The number of hydrogen-bond donors (Lipinski definition) is 0. The summed E-state index contributed by atoms with van der Waals surface area (Å²) in [6, 6.07) is 13.3. The molecule has 150 valence electrons. The summed E-state index contributed by atoms with van der Waals surface area (Å²) in [5.74, 6) is -0.351. The van der Waals surface area contributed by atoms with Gasteiger partial charge in [0, 0.05) is 5.39 Å². The van der Waals surface area contributed by atoms with E-state index in [1.807, 2.05) is 18.2 Å². The molecular formula is C24H21F3O2. The van der Waals surface area contributed by atoms with Crippen LogP contribution < -0.4 is 9.47 Å². The predicted molar refractivity (Wildman–Crippen MR) is 110 cm³/mol. The molecule has 0 unspecified atom stereocenters. The molecule has 0 radical (unpaired) electrons. The lowest BCUT2D eigenvalue weighted by atomic mass is 9.97. The van der Waals surface area contributed by atoms with Gasteiger partial charge in [-0.1, -0.05) is 43.0 Å². The van der Waals surface area contributed by atoms with Gasteiger partial charge in [-0.3, -0.25) is 0 Å². The molecule has 3 aromatic rings. The van der Waals surface area contributed by atoms with E-state index >= 15 is 4.39 Å². The van der Waals surface area contributed by atoms with Crippen LogP contribution in [0, 0.1) is 5.82 Å². The van der Waals surface area contributed by atoms with Crippen molar-refractivity contribution in [1.82, 2.24) is 0 Å². The SMILES string of the molecule is C=CCCc1ccc(-c2c(OC(F)F)cc3cc(OCC=C)ccc3c2F)cc1. The quantitative estimate of drug-likeness (QED) is 0.364. The predicted octanol–water partition coefficient (Wildman–Crippen LogP) is 6.93. The topological polar surface area (TPSA) is 18.5 Å². The first-order valence-corrected chi connectivity index (χ1v) is 9.18. The Balaban J connectivity index is 2.09. The maximum atomic E-state index is 15.4. The lowest BCUT2D eigenvalue weighted by Gasteiger charge is -2.15. The molecule has 0 aliphatic heterocycles. The fraction of sp³-hybridized carbons (Fsp3) is 0.167. The molecule has 0 aliphatic carbocycles. The van der Waals surface area contributed by atoms with Gasteiger partial charge in [0.25, 0.3) is 0 Å². The summed E-state index contributed by atoms with van der Waals surface area (Å²) in [6.45, 7) is 4.48. The monoisotopic (exact) mass is 398 g/mol. The van der Waals surface area contributed by atoms with E-state index in [4.69, 9.17) is 4.74 Å². The van der Waals surface area contributed by atoms with Gasteiger partial charge in [0.1, 0.15) is 23.9 Å². The summed E-state index contributed by atoms with van der Waals surface area (Å²) >= 11 is 0. The van der Waals surface area contributed by atoms with Crippen LogP contribution in [0.3, 0.4) is 0 Å². The summed E-state index contributed by atoms with van der Waals surface area (Å²) in [7, 11) is 0. The van der Waals surface area contributed by atoms with E-state index in [1.54, 1.807) is 36.4 Å². The first-order valence-electron chi connectivity index (χ1n) is 9.18. The molecule has 0 spiro atoms. The third-order valence-electron chi connectivity index (χ3n) is 4.48. The number of ether oxygens (including phenoxy) is 2. The number of halogens is 3. The van der Waals surface area contributed by atoms with E-state index in [0.717, 1.165) is 18.4 Å². The van der Waals surface area contributed by atoms with Crippen LogP contribution in [-0.2, 0) is 6.42 Å². The highest BCUT2D eigenvalue weighted by molar-refractivity contribution is 5.92. The van der Waals surface area contributed by atoms with Crippen molar-refractivity contribution >= 4 is 10.8 Å². The number of benzene rings is 3. The molecular weight excluding hydrogens is 377 g/mol. The molecule has 3 rings (SSSR count). The van der Waals surface area contributed by atoms with Crippen molar-refractivity contribution in [3.8, 4) is 22.6 Å². The Morgan fingerprint density at radius 2 is 1.72 bits per heavy atom. The van der Waals surface area contributed by atoms with Crippen LogP contribution in [0.15, 0.2) is 73.8 Å². The van der Waals surface area contributed by atoms with Crippen LogP contribution >= 0.6 is 0 Å². The summed E-state index contributed by atoms with van der Waals surface area (Å²) in [5.41, 5.74) is 1.53. The number of allylic oxidation sites excluding steroid dienone is 1. The third kappa shape index (κ3) is 4.80. The highest BCUT2D eigenvalue weighted by Crippen LogP contribution is 2.39. The minimum absolute atomic E-state index is 0.00725. The third-order valence-corrected chi connectivity index (χ3v) is 4.48. The average molecular weight is 398 g/mol. The Hall–Kier alpha value is -3.21. The Labute approximate surface area is 167 Å². The molecule has 29 heavy (non-hydrogen) atoms. The lowest BCUT2D eigenvalue weighted by molar-refractivity contribution is -0.0494. The van der Waals surface area contributed by atoms with Crippen LogP contribution in [-0.4, -0.2) is 13.2 Å². The van der Waals surface area contributed by atoms with Crippen LogP contribution in [0.4, 0.5) is 13.2 Å². The van der Waals surface area contributed by atoms with Gasteiger partial charge in [0.15, 0.2) is 0 Å².